The maximum atomic E-state index is 13.3. The van der Waals surface area contributed by atoms with E-state index in [1.54, 1.807) is 0 Å². The van der Waals surface area contributed by atoms with Crippen LogP contribution in [-0.4, -0.2) is 11.0 Å². The van der Waals surface area contributed by atoms with Crippen LogP contribution >= 0.6 is 0 Å². The van der Waals surface area contributed by atoms with Gasteiger partial charge in [-0.15, -0.1) is 0 Å². The molecule has 0 fully saturated rings. The predicted octanol–water partition coefficient (Wildman–Crippen LogP) is 1.86. The molecule has 0 saturated heterocycles. The Morgan fingerprint density at radius 3 is 3.00 bits per heavy atom. The van der Waals surface area contributed by atoms with Gasteiger partial charge in [-0.2, -0.15) is 0 Å². The van der Waals surface area contributed by atoms with Crippen molar-refractivity contribution in [2.75, 3.05) is 0 Å². The molecular weight excluding hydrogens is 245 g/mol. The van der Waals surface area contributed by atoms with Gasteiger partial charge in [0, 0.05) is 16.6 Å². The third kappa shape index (κ3) is 1.97. The van der Waals surface area contributed by atoms with Gasteiger partial charge in [0.2, 0.25) is 0 Å². The highest BCUT2D eigenvalue weighted by Gasteiger charge is 2.22. The van der Waals surface area contributed by atoms with Gasteiger partial charge in [-0.1, -0.05) is 6.92 Å². The maximum Gasteiger partial charge on any atom is 0.123 e. The summed E-state index contributed by atoms with van der Waals surface area (Å²) >= 11 is 0. The Balaban J connectivity index is 2.37. The first-order chi connectivity index (χ1) is 9.06. The van der Waals surface area contributed by atoms with E-state index >= 15 is 0 Å². The SMILES string of the molecule is C[C@@H]1CCc2nc3ccc(F)cc3c(C(=O)[O-])c2C1. The number of hydrogen-bond donors (Lipinski definition) is 0. The second-order valence-electron chi connectivity index (χ2n) is 5.21. The fourth-order valence-electron chi connectivity index (χ4n) is 2.82. The molecule has 0 radical (unpaired) electrons. The topological polar surface area (TPSA) is 53.0 Å². The number of carbonyl (C=O) groups excluding carboxylic acids is 1. The van der Waals surface area contributed by atoms with E-state index in [-0.39, 0.29) is 5.56 Å². The van der Waals surface area contributed by atoms with Gasteiger partial charge in [-0.3, -0.25) is 4.98 Å². The summed E-state index contributed by atoms with van der Waals surface area (Å²) in [4.78, 5) is 15.9. The van der Waals surface area contributed by atoms with Gasteiger partial charge in [-0.25, -0.2) is 4.39 Å². The molecule has 1 aromatic heterocycles. The number of carboxylic acids is 1. The number of aryl methyl sites for hydroxylation is 1. The zero-order valence-corrected chi connectivity index (χ0v) is 10.6. The van der Waals surface area contributed by atoms with Gasteiger partial charge in [0.05, 0.1) is 11.5 Å². The number of fused-ring (bicyclic) bond motifs is 2. The number of pyridine rings is 1. The van der Waals surface area contributed by atoms with Gasteiger partial charge in [0.1, 0.15) is 5.82 Å². The van der Waals surface area contributed by atoms with Gasteiger partial charge in [-0.05, 0) is 48.9 Å². The zero-order chi connectivity index (χ0) is 13.6. The van der Waals surface area contributed by atoms with Crippen LogP contribution in [0.15, 0.2) is 18.2 Å². The molecule has 0 spiro atoms. The van der Waals surface area contributed by atoms with E-state index in [4.69, 9.17) is 0 Å². The van der Waals surface area contributed by atoms with E-state index in [0.29, 0.717) is 23.2 Å². The molecule has 0 unspecified atom stereocenters. The minimum Gasteiger partial charge on any atom is -0.545 e. The normalized spacial score (nSPS) is 18.3. The van der Waals surface area contributed by atoms with Gasteiger partial charge in [0.15, 0.2) is 0 Å². The first-order valence-electron chi connectivity index (χ1n) is 6.38. The van der Waals surface area contributed by atoms with Crippen LogP contribution in [0.5, 0.6) is 0 Å². The van der Waals surface area contributed by atoms with Gasteiger partial charge < -0.3 is 9.90 Å². The Hall–Kier alpha value is -1.97. The summed E-state index contributed by atoms with van der Waals surface area (Å²) in [6.07, 6.45) is 2.43. The Morgan fingerprint density at radius 1 is 1.47 bits per heavy atom. The summed E-state index contributed by atoms with van der Waals surface area (Å²) < 4.78 is 13.3. The average Bonchev–Trinajstić information content (AvgIpc) is 2.35. The number of hydrogen-bond acceptors (Lipinski definition) is 3. The smallest absolute Gasteiger partial charge is 0.123 e. The molecule has 3 nitrogen and oxygen atoms in total. The highest BCUT2D eigenvalue weighted by atomic mass is 19.1. The number of benzene rings is 1. The lowest BCUT2D eigenvalue weighted by Crippen LogP contribution is -2.27. The Kier molecular flexibility index (Phi) is 2.73. The summed E-state index contributed by atoms with van der Waals surface area (Å²) in [6, 6.07) is 4.05. The highest BCUT2D eigenvalue weighted by Crippen LogP contribution is 2.31. The van der Waals surface area contributed by atoms with Crippen molar-refractivity contribution >= 4 is 16.9 Å². The van der Waals surface area contributed by atoms with Crippen LogP contribution < -0.4 is 5.11 Å². The minimum atomic E-state index is -1.25. The molecule has 2 aromatic rings. The molecule has 0 amide bonds. The third-order valence-electron chi connectivity index (χ3n) is 3.76. The summed E-state index contributed by atoms with van der Waals surface area (Å²) in [5.74, 6) is -1.29. The van der Waals surface area contributed by atoms with Crippen molar-refractivity contribution < 1.29 is 14.3 Å². The van der Waals surface area contributed by atoms with Crippen molar-refractivity contribution in [1.29, 1.82) is 0 Å². The van der Waals surface area contributed by atoms with Crippen LogP contribution in [0.1, 0.15) is 35.0 Å². The first-order valence-corrected chi connectivity index (χ1v) is 6.38. The molecule has 1 atom stereocenters. The quantitative estimate of drug-likeness (QED) is 0.784. The van der Waals surface area contributed by atoms with E-state index < -0.39 is 11.8 Å². The lowest BCUT2D eigenvalue weighted by atomic mass is 9.84. The summed E-state index contributed by atoms with van der Waals surface area (Å²) in [5, 5.41) is 11.8. The first kappa shape index (κ1) is 12.1. The molecule has 1 aliphatic rings. The molecule has 1 aromatic carbocycles. The number of carbonyl (C=O) groups is 1. The summed E-state index contributed by atoms with van der Waals surface area (Å²) in [7, 11) is 0. The van der Waals surface area contributed by atoms with Crippen LogP contribution in [0, 0.1) is 11.7 Å². The Bertz CT molecular complexity index is 681. The molecular formula is C15H13FNO2-. The molecule has 1 aliphatic carbocycles. The molecule has 1 heterocycles. The number of rotatable bonds is 1. The Labute approximate surface area is 110 Å². The number of halogens is 1. The fraction of sp³-hybridized carbons (Fsp3) is 0.333. The lowest BCUT2D eigenvalue weighted by molar-refractivity contribution is -0.254. The van der Waals surface area contributed by atoms with E-state index in [1.165, 1.54) is 18.2 Å². The van der Waals surface area contributed by atoms with E-state index in [2.05, 4.69) is 11.9 Å². The number of nitrogens with zero attached hydrogens (tertiary/aromatic N) is 1. The second-order valence-corrected chi connectivity index (χ2v) is 5.21. The monoisotopic (exact) mass is 258 g/mol. The lowest BCUT2D eigenvalue weighted by Gasteiger charge is -2.25. The second kappa shape index (κ2) is 4.30. The molecule has 98 valence electrons. The van der Waals surface area contributed by atoms with E-state index in [1.807, 2.05) is 0 Å². The molecule has 0 bridgehead atoms. The van der Waals surface area contributed by atoms with Crippen LogP contribution in [-0.2, 0) is 12.8 Å². The average molecular weight is 258 g/mol. The largest absolute Gasteiger partial charge is 0.545 e. The van der Waals surface area contributed by atoms with E-state index in [9.17, 15) is 14.3 Å². The summed E-state index contributed by atoms with van der Waals surface area (Å²) in [6.45, 7) is 2.08. The van der Waals surface area contributed by atoms with Crippen LogP contribution in [0.3, 0.4) is 0 Å². The van der Waals surface area contributed by atoms with Crippen LogP contribution in [0.2, 0.25) is 0 Å². The van der Waals surface area contributed by atoms with Crippen molar-refractivity contribution in [1.82, 2.24) is 4.98 Å². The van der Waals surface area contributed by atoms with Crippen molar-refractivity contribution in [3.05, 3.63) is 40.8 Å². The number of aromatic nitrogens is 1. The van der Waals surface area contributed by atoms with Crippen molar-refractivity contribution in [2.45, 2.75) is 26.2 Å². The summed E-state index contributed by atoms with van der Waals surface area (Å²) in [5.41, 5.74) is 2.17. The molecule has 0 saturated carbocycles. The van der Waals surface area contributed by atoms with Crippen molar-refractivity contribution in [3.63, 3.8) is 0 Å². The van der Waals surface area contributed by atoms with Gasteiger partial charge in [0.25, 0.3) is 0 Å². The molecule has 0 aliphatic heterocycles. The maximum absolute atomic E-state index is 13.3. The van der Waals surface area contributed by atoms with E-state index in [0.717, 1.165) is 24.1 Å². The minimum absolute atomic E-state index is 0.117. The van der Waals surface area contributed by atoms with Crippen LogP contribution in [0.4, 0.5) is 4.39 Å². The molecule has 0 N–H and O–H groups in total. The predicted molar refractivity (Wildman–Crippen MR) is 67.2 cm³/mol. The number of carboxylic acid groups (broad SMARTS) is 1. The van der Waals surface area contributed by atoms with Crippen molar-refractivity contribution in [3.8, 4) is 0 Å². The van der Waals surface area contributed by atoms with Crippen LogP contribution in [0.25, 0.3) is 10.9 Å². The Morgan fingerprint density at radius 2 is 2.26 bits per heavy atom. The fourth-order valence-corrected chi connectivity index (χ4v) is 2.82. The molecule has 4 heteroatoms. The molecule has 3 rings (SSSR count). The third-order valence-corrected chi connectivity index (χ3v) is 3.76. The zero-order valence-electron chi connectivity index (χ0n) is 10.6. The standard InChI is InChI=1S/C15H14FNO2/c1-8-2-4-12-10(6-8)14(15(18)19)11-7-9(16)3-5-13(11)17-12/h3,5,7-8H,2,4,6H2,1H3,(H,18,19)/p-1/t8-/m1/s1. The highest BCUT2D eigenvalue weighted by molar-refractivity contribution is 6.03. The molecule has 19 heavy (non-hydrogen) atoms. The number of aromatic carboxylic acids is 1. The van der Waals surface area contributed by atoms with Crippen molar-refractivity contribution in [2.24, 2.45) is 5.92 Å². The van der Waals surface area contributed by atoms with Gasteiger partial charge >= 0.3 is 0 Å².